The first-order chi connectivity index (χ1) is 51.0. The fourth-order valence-corrected chi connectivity index (χ4v) is 12.3. The minimum atomic E-state index is -1.87. The standard InChI is InChI=1S/C72H92ClN19O15/c1-39(2)29-54(62(96)85-52(15-9-27-80-72(76)77)69(103)91-28-10-16-60(91)68(102)82-40(3)70(104)105)86-66(100)58(34-47-37-81-53-35-49(92(106)107)23-24-50(47)53)89-61(95)51(14-8-26-79-71(74)75)84-67(101)59(38-93)90-65(99)57(33-44-11-7-25-78-36-44)88-64(98)56(31-42-18-21-48(73)22-19-42)87-63(97)55(83-41(4)94)32-43-17-20-45-12-5-6-13-46(45)30-43/h5-7,11-13,17-25,30,35-37,39-40,51-52,54-60,81,93H,8-10,14-16,26-29,31-34,38H2,1-4H3,(H,82,102)(H,83,94)(H,84,101)(H,85,96)(H,86,100)(H,87,97)(H,88,98)(H,89,95)(H,90,99)(H,104,105)(H4,74,75,79)(H4,76,77,80)/t40-,51+,52+,54+,55-,56-,57-,58-,59+,60+/m1/s1. The highest BCUT2D eigenvalue weighted by molar-refractivity contribution is 6.30. The number of likely N-dealkylation sites (tertiary alicyclic amines) is 1. The number of nitrogens with one attached hydrogen (secondary N) is 10. The summed E-state index contributed by atoms with van der Waals surface area (Å²) < 4.78 is 0. The number of fused-ring (bicyclic) bond motifs is 2. The maximum Gasteiger partial charge on any atom is 0.325 e. The number of H-pyrrole nitrogens is 1. The molecule has 107 heavy (non-hydrogen) atoms. The van der Waals surface area contributed by atoms with Gasteiger partial charge in [0.05, 0.1) is 17.0 Å². The van der Waals surface area contributed by atoms with Gasteiger partial charge in [-0.3, -0.25) is 77.8 Å². The molecule has 1 saturated heterocycles. The molecule has 1 aliphatic rings. The third-order valence-corrected chi connectivity index (χ3v) is 17.9. The van der Waals surface area contributed by atoms with Crippen LogP contribution in [0.1, 0.15) is 94.9 Å². The number of carbonyl (C=O) groups is 11. The number of aliphatic hydroxyl groups excluding tert-OH is 1. The number of aliphatic imine (C=N–C) groups is 2. The molecule has 0 bridgehead atoms. The van der Waals surface area contributed by atoms with Crippen molar-refractivity contribution in [3.05, 3.63) is 153 Å². The third-order valence-electron chi connectivity index (χ3n) is 17.6. The van der Waals surface area contributed by atoms with Crippen LogP contribution in [-0.2, 0) is 78.4 Å². The molecule has 0 saturated carbocycles. The summed E-state index contributed by atoms with van der Waals surface area (Å²) in [5, 5.41) is 58.6. The monoisotopic (exact) mass is 1500 g/mol. The molecule has 0 radical (unpaired) electrons. The average molecular weight is 1500 g/mol. The summed E-state index contributed by atoms with van der Waals surface area (Å²) in [6.07, 6.45) is 3.79. The van der Waals surface area contributed by atoms with Crippen LogP contribution < -0.4 is 70.8 Å². The number of aliphatic carboxylic acids is 1. The lowest BCUT2D eigenvalue weighted by Crippen LogP contribution is -2.61. The Kier molecular flexibility index (Phi) is 30.8. The Morgan fingerprint density at radius 3 is 1.72 bits per heavy atom. The van der Waals surface area contributed by atoms with Crippen molar-refractivity contribution in [1.29, 1.82) is 0 Å². The number of nitrogens with two attached hydrogens (primary N) is 4. The number of aliphatic hydroxyl groups is 1. The number of carbonyl (C=O) groups excluding carboxylic acids is 10. The van der Waals surface area contributed by atoms with E-state index in [-0.39, 0.29) is 113 Å². The molecule has 572 valence electrons. The molecule has 2 aromatic heterocycles. The van der Waals surface area contributed by atoms with E-state index >= 15 is 9.59 Å². The first-order valence-corrected chi connectivity index (χ1v) is 35.1. The number of rotatable bonds is 39. The highest BCUT2D eigenvalue weighted by Crippen LogP contribution is 2.26. The minimum absolute atomic E-state index is 0.0146. The molecule has 1 aliphatic heterocycles. The lowest BCUT2D eigenvalue weighted by Gasteiger charge is -2.31. The summed E-state index contributed by atoms with van der Waals surface area (Å²) in [6, 6.07) is 12.1. The second-order valence-corrected chi connectivity index (χ2v) is 26.9. The zero-order valence-corrected chi connectivity index (χ0v) is 60.3. The number of nitro groups is 1. The molecule has 6 aromatic rings. The summed E-state index contributed by atoms with van der Waals surface area (Å²) in [6.45, 7) is 4.89. The van der Waals surface area contributed by atoms with E-state index < -0.39 is 137 Å². The zero-order valence-electron chi connectivity index (χ0n) is 59.6. The van der Waals surface area contributed by atoms with Crippen molar-refractivity contribution in [3.8, 4) is 0 Å². The van der Waals surface area contributed by atoms with Gasteiger partial charge < -0.3 is 90.9 Å². The van der Waals surface area contributed by atoms with Crippen molar-refractivity contribution in [2.45, 2.75) is 159 Å². The van der Waals surface area contributed by atoms with Crippen molar-refractivity contribution in [2.24, 2.45) is 38.8 Å². The van der Waals surface area contributed by atoms with E-state index in [0.29, 0.717) is 39.1 Å². The van der Waals surface area contributed by atoms with Gasteiger partial charge >= 0.3 is 5.97 Å². The molecule has 10 amide bonds. The Bertz CT molecular complexity index is 4230. The Balaban J connectivity index is 1.16. The van der Waals surface area contributed by atoms with Crippen LogP contribution in [0, 0.1) is 16.0 Å². The summed E-state index contributed by atoms with van der Waals surface area (Å²) in [5.41, 5.74) is 24.4. The zero-order chi connectivity index (χ0) is 78.0. The van der Waals surface area contributed by atoms with Crippen LogP contribution >= 0.6 is 11.6 Å². The van der Waals surface area contributed by atoms with E-state index in [0.717, 1.165) is 10.8 Å². The smallest absolute Gasteiger partial charge is 0.325 e. The number of hydrogen-bond acceptors (Lipinski definition) is 17. The Morgan fingerprint density at radius 2 is 1.14 bits per heavy atom. The predicted molar refractivity (Wildman–Crippen MR) is 397 cm³/mol. The van der Waals surface area contributed by atoms with Crippen molar-refractivity contribution in [1.82, 2.24) is 62.7 Å². The number of hydrogen-bond donors (Lipinski definition) is 16. The van der Waals surface area contributed by atoms with Gasteiger partial charge in [-0.1, -0.05) is 86.1 Å². The molecular formula is C72H92ClN19O15. The minimum Gasteiger partial charge on any atom is -0.480 e. The van der Waals surface area contributed by atoms with E-state index in [1.807, 2.05) is 42.5 Å². The Morgan fingerprint density at radius 1 is 0.617 bits per heavy atom. The van der Waals surface area contributed by atoms with Gasteiger partial charge in [0.15, 0.2) is 11.9 Å². The largest absolute Gasteiger partial charge is 0.480 e. The number of nitrogens with zero attached hydrogens (tertiary/aromatic N) is 5. The quantitative estimate of drug-likeness (QED) is 0.00804. The molecule has 7 rings (SSSR count). The van der Waals surface area contributed by atoms with Gasteiger partial charge in [-0.25, -0.2) is 0 Å². The van der Waals surface area contributed by atoms with Gasteiger partial charge in [0.1, 0.15) is 60.4 Å². The molecule has 1 fully saturated rings. The number of amides is 10. The van der Waals surface area contributed by atoms with E-state index in [9.17, 15) is 63.5 Å². The van der Waals surface area contributed by atoms with Crippen LogP contribution in [0.5, 0.6) is 0 Å². The SMILES string of the molecule is CC(=O)N[C@H](Cc1ccc2ccccc2c1)C(=O)N[C@H](Cc1ccc(Cl)cc1)C(=O)N[C@H](Cc1cccnc1)C(=O)N[C@@H](CO)C(=O)N[C@@H](CCCN=C(N)N)C(=O)N[C@H](Cc1c[nH]c2cc([N+](=O)[O-])ccc12)C(=O)N[C@@H](CC(C)C)C(=O)N[C@@H](CCCN=C(N)N)C(=O)N1CCC[C@H]1C(=O)N[C@H](C)C(=O)O. The van der Waals surface area contributed by atoms with Gasteiger partial charge in [0.2, 0.25) is 59.1 Å². The molecule has 0 spiro atoms. The van der Waals surface area contributed by atoms with E-state index in [1.54, 1.807) is 50.2 Å². The first-order valence-electron chi connectivity index (χ1n) is 34.8. The molecular weight excluding hydrogens is 1410 g/mol. The predicted octanol–water partition coefficient (Wildman–Crippen LogP) is 0.172. The van der Waals surface area contributed by atoms with Crippen LogP contribution in [0.4, 0.5) is 5.69 Å². The van der Waals surface area contributed by atoms with Gasteiger partial charge in [-0.15, -0.1) is 0 Å². The van der Waals surface area contributed by atoms with Gasteiger partial charge in [-0.2, -0.15) is 0 Å². The maximum atomic E-state index is 15.1. The number of pyridine rings is 1. The van der Waals surface area contributed by atoms with Crippen LogP contribution in [0.15, 0.2) is 126 Å². The number of carboxylic acids is 1. The Labute approximate surface area is 620 Å². The summed E-state index contributed by atoms with van der Waals surface area (Å²) in [7, 11) is 0. The highest BCUT2D eigenvalue weighted by atomic mass is 35.5. The molecule has 10 atom stereocenters. The average Bonchev–Trinajstić information content (AvgIpc) is 1.70. The van der Waals surface area contributed by atoms with Gasteiger partial charge in [0, 0.05) is 93.4 Å². The Hall–Kier alpha value is -11.8. The van der Waals surface area contributed by atoms with Crippen molar-refractivity contribution in [3.63, 3.8) is 0 Å². The number of nitro benzene ring substituents is 1. The van der Waals surface area contributed by atoms with E-state index in [4.69, 9.17) is 34.5 Å². The highest BCUT2D eigenvalue weighted by Gasteiger charge is 2.41. The fraction of sp³-hybridized carbons (Fsp3) is 0.417. The third kappa shape index (κ3) is 25.2. The van der Waals surface area contributed by atoms with Gasteiger partial charge in [-0.05, 0) is 115 Å². The van der Waals surface area contributed by atoms with E-state index in [1.165, 1.54) is 55.5 Å². The first kappa shape index (κ1) is 82.5. The van der Waals surface area contributed by atoms with Crippen LogP contribution in [0.3, 0.4) is 0 Å². The number of guanidine groups is 2. The maximum absolute atomic E-state index is 15.1. The molecule has 0 aliphatic carbocycles. The number of aromatic nitrogens is 2. The van der Waals surface area contributed by atoms with Crippen LogP contribution in [0.2, 0.25) is 5.02 Å². The lowest BCUT2D eigenvalue weighted by molar-refractivity contribution is -0.384. The molecule has 35 heteroatoms. The molecule has 0 unspecified atom stereocenters. The number of aromatic amines is 1. The van der Waals surface area contributed by atoms with E-state index in [2.05, 4.69) is 67.8 Å². The van der Waals surface area contributed by atoms with Gasteiger partial charge in [0.25, 0.3) is 5.69 Å². The topological polar surface area (TPSA) is 540 Å². The van der Waals surface area contributed by atoms with Crippen molar-refractivity contribution >= 4 is 116 Å². The summed E-state index contributed by atoms with van der Waals surface area (Å²) in [5.74, 6) is -10.9. The normalized spacial score (nSPS) is 15.1. The van der Waals surface area contributed by atoms with Crippen molar-refractivity contribution < 1.29 is 67.9 Å². The summed E-state index contributed by atoms with van der Waals surface area (Å²) >= 11 is 6.24. The molecule has 4 aromatic carbocycles. The second-order valence-electron chi connectivity index (χ2n) is 26.4. The number of halogens is 1. The number of non-ortho nitro benzene ring substituents is 1. The number of carboxylic acid groups (broad SMARTS) is 1. The molecule has 20 N–H and O–H groups in total. The summed E-state index contributed by atoms with van der Waals surface area (Å²) in [4.78, 5) is 183. The lowest BCUT2D eigenvalue weighted by atomic mass is 9.99. The van der Waals surface area contributed by atoms with Crippen molar-refractivity contribution in [2.75, 3.05) is 26.2 Å². The fourth-order valence-electron chi connectivity index (χ4n) is 12.2. The molecule has 34 nitrogen and oxygen atoms in total. The molecule has 3 heterocycles. The van der Waals surface area contributed by atoms with Crippen LogP contribution in [-0.4, -0.2) is 194 Å². The second kappa shape index (κ2) is 39.9. The van der Waals surface area contributed by atoms with Crippen LogP contribution in [0.25, 0.3) is 21.7 Å². The number of benzene rings is 4.